The summed E-state index contributed by atoms with van der Waals surface area (Å²) in [4.78, 5) is 80.3. The van der Waals surface area contributed by atoms with Crippen LogP contribution >= 0.6 is 23.5 Å². The second-order valence-electron chi connectivity index (χ2n) is 14.3. The van der Waals surface area contributed by atoms with E-state index in [1.165, 1.54) is 24.8 Å². The van der Waals surface area contributed by atoms with Gasteiger partial charge in [0.15, 0.2) is 5.12 Å². The predicted molar refractivity (Wildman–Crippen MR) is 202 cm³/mol. The molecule has 0 aliphatic carbocycles. The zero-order valence-electron chi connectivity index (χ0n) is 31.3. The Balaban J connectivity index is 2.94. The Bertz CT molecular complexity index is 1310. The number of esters is 2. The molecule has 1 rings (SSSR count). The van der Waals surface area contributed by atoms with Crippen molar-refractivity contribution in [1.82, 2.24) is 16.0 Å². The zero-order valence-corrected chi connectivity index (χ0v) is 33.9. The number of aliphatic imine (C=N–C) groups is 1. The molecule has 1 aliphatic rings. The predicted octanol–water partition coefficient (Wildman–Crippen LogP) is 4.98. The average Bonchev–Trinajstić information content (AvgIpc) is 3.35. The van der Waals surface area contributed by atoms with Crippen molar-refractivity contribution < 1.29 is 43.0 Å². The number of carbonyl (C=O) groups excluding carboxylic acids is 6. The fourth-order valence-corrected chi connectivity index (χ4v) is 6.49. The molecule has 1 heterocycles. The molecule has 0 spiro atoms. The van der Waals surface area contributed by atoms with Gasteiger partial charge >= 0.3 is 18.0 Å². The molecule has 4 atom stereocenters. The maximum absolute atomic E-state index is 13.4. The molecule has 0 aromatic heterocycles. The van der Waals surface area contributed by atoms with Crippen molar-refractivity contribution in [2.75, 3.05) is 18.9 Å². The van der Waals surface area contributed by atoms with Crippen LogP contribution in [0.4, 0.5) is 4.79 Å². The summed E-state index contributed by atoms with van der Waals surface area (Å²) < 4.78 is 16.4. The van der Waals surface area contributed by atoms with E-state index in [0.29, 0.717) is 17.2 Å². The largest absolute Gasteiger partial charge is 0.466 e. The minimum absolute atomic E-state index is 0.0127. The number of ether oxygens (including phenoxy) is 3. The van der Waals surface area contributed by atoms with E-state index in [4.69, 9.17) is 14.2 Å². The monoisotopic (exact) mass is 756 g/mol. The second-order valence-corrected chi connectivity index (χ2v) is 22.6. The highest BCUT2D eigenvalue weighted by Gasteiger charge is 2.35. The van der Waals surface area contributed by atoms with Crippen molar-refractivity contribution in [3.05, 3.63) is 23.9 Å². The molecule has 3 amide bonds. The molecule has 282 valence electrons. The van der Waals surface area contributed by atoms with E-state index >= 15 is 0 Å². The Hall–Kier alpha value is -3.11. The van der Waals surface area contributed by atoms with E-state index in [0.717, 1.165) is 17.8 Å². The molecule has 0 bridgehead atoms. The molecular weight excluding hydrogens is 701 g/mol. The summed E-state index contributed by atoms with van der Waals surface area (Å²) >= 11 is 2.50. The zero-order chi connectivity index (χ0) is 38.2. The molecule has 0 saturated carbocycles. The number of allylic oxidation sites excluding steroid dienone is 2. The Morgan fingerprint density at radius 2 is 1.76 bits per heavy atom. The molecule has 16 heteroatoms. The number of amides is 3. The first-order valence-electron chi connectivity index (χ1n) is 16.8. The fourth-order valence-electron chi connectivity index (χ4n) is 4.16. The molecule has 3 N–H and O–H groups in total. The van der Waals surface area contributed by atoms with Crippen molar-refractivity contribution >= 4 is 71.6 Å². The van der Waals surface area contributed by atoms with Crippen LogP contribution < -0.4 is 16.0 Å². The Morgan fingerprint density at radius 3 is 2.32 bits per heavy atom. The van der Waals surface area contributed by atoms with Crippen molar-refractivity contribution in [2.24, 2.45) is 10.9 Å². The van der Waals surface area contributed by atoms with E-state index in [1.54, 1.807) is 53.7 Å². The van der Waals surface area contributed by atoms with Gasteiger partial charge in [0.2, 0.25) is 5.91 Å². The first-order valence-corrected chi connectivity index (χ1v) is 22.3. The van der Waals surface area contributed by atoms with Gasteiger partial charge in [0.25, 0.3) is 5.91 Å². The summed E-state index contributed by atoms with van der Waals surface area (Å²) in [7, 11) is -1.43. The Morgan fingerprint density at radius 1 is 1.10 bits per heavy atom. The third-order valence-electron chi connectivity index (χ3n) is 6.79. The molecule has 50 heavy (non-hydrogen) atoms. The van der Waals surface area contributed by atoms with E-state index in [2.05, 4.69) is 40.6 Å². The van der Waals surface area contributed by atoms with Gasteiger partial charge in [-0.1, -0.05) is 64.3 Å². The molecule has 0 radical (unpaired) electrons. The molecule has 0 aromatic carbocycles. The van der Waals surface area contributed by atoms with Crippen LogP contribution in [0, 0.1) is 5.92 Å². The van der Waals surface area contributed by atoms with Gasteiger partial charge in [-0.2, -0.15) is 0 Å². The number of nitrogens with one attached hydrogen (secondary N) is 3. The molecule has 0 saturated heterocycles. The summed E-state index contributed by atoms with van der Waals surface area (Å²) in [5.74, 6) is -2.38. The maximum atomic E-state index is 13.4. The van der Waals surface area contributed by atoms with E-state index in [9.17, 15) is 28.8 Å². The quantitative estimate of drug-likeness (QED) is 0.0429. The molecule has 0 fully saturated rings. The van der Waals surface area contributed by atoms with Crippen LogP contribution in [0.25, 0.3) is 0 Å². The van der Waals surface area contributed by atoms with Crippen LogP contribution in [-0.2, 0) is 38.2 Å². The number of carbonyl (C=O) groups is 6. The third kappa shape index (κ3) is 18.8. The number of alkyl carbamates (subject to hydrolysis) is 1. The topological polar surface area (TPSA) is 179 Å². The molecule has 13 nitrogen and oxygen atoms in total. The van der Waals surface area contributed by atoms with Gasteiger partial charge in [-0.05, 0) is 52.2 Å². The molecule has 1 unspecified atom stereocenters. The number of thioether (sulfide) groups is 2. The van der Waals surface area contributed by atoms with E-state index < -0.39 is 67.6 Å². The highest BCUT2D eigenvalue weighted by molar-refractivity contribution is 8.14. The average molecular weight is 757 g/mol. The SMILES string of the molecule is C/C=C(\NC(=O)C1N=C(CNC(=O)OC(C)(C)C)S[C@@H]1C)C(=O)N[C@H](C(=O)O[C@H](/C=C/CCSC(C)=O)CC(=O)OCC[Si](C)(C)C)C(C)C. The number of hydrogen-bond donors (Lipinski definition) is 3. The lowest BCUT2D eigenvalue weighted by atomic mass is 10.0. The van der Waals surface area contributed by atoms with Crippen molar-refractivity contribution in [2.45, 2.75) is 123 Å². The van der Waals surface area contributed by atoms with Gasteiger partial charge in [0.05, 0.1) is 24.6 Å². The Labute approximate surface area is 306 Å². The molecule has 1 aliphatic heterocycles. The fraction of sp³-hybridized carbons (Fsp3) is 0.676. The first-order chi connectivity index (χ1) is 23.1. The summed E-state index contributed by atoms with van der Waals surface area (Å²) in [6.45, 7) is 20.5. The van der Waals surface area contributed by atoms with E-state index in [1.807, 2.05) is 6.92 Å². The van der Waals surface area contributed by atoms with Gasteiger partial charge in [-0.15, -0.1) is 11.8 Å². The summed E-state index contributed by atoms with van der Waals surface area (Å²) in [5.41, 5.74) is -0.734. The van der Waals surface area contributed by atoms with Crippen LogP contribution in [0.15, 0.2) is 28.9 Å². The van der Waals surface area contributed by atoms with Crippen LogP contribution in [-0.4, -0.2) is 96.0 Å². The van der Waals surface area contributed by atoms with Crippen molar-refractivity contribution in [1.29, 1.82) is 0 Å². The highest BCUT2D eigenvalue weighted by atomic mass is 32.2. The van der Waals surface area contributed by atoms with Crippen LogP contribution in [0.5, 0.6) is 0 Å². The lowest BCUT2D eigenvalue weighted by Gasteiger charge is -2.24. The Kier molecular flexibility index (Phi) is 19.1. The van der Waals surface area contributed by atoms with Gasteiger partial charge < -0.3 is 30.2 Å². The van der Waals surface area contributed by atoms with E-state index in [-0.39, 0.29) is 35.6 Å². The number of nitrogens with zero attached hydrogens (tertiary/aromatic N) is 1. The normalized spacial score (nSPS) is 17.8. The smallest absolute Gasteiger partial charge is 0.407 e. The van der Waals surface area contributed by atoms with Gasteiger partial charge in [0.1, 0.15) is 29.5 Å². The van der Waals surface area contributed by atoms with Gasteiger partial charge in [0, 0.05) is 26.0 Å². The lowest BCUT2D eigenvalue weighted by molar-refractivity contribution is -0.156. The standard InChI is InChI=1S/C34H56N4O9S2Si/c1-12-25(36-31(42)29-22(4)49-26(37-29)20-35-33(44)47-34(6,7)8)30(41)38-28(21(2)3)32(43)46-24(15-13-14-17-48-23(5)39)19-27(40)45-16-18-50(9,10)11/h12-13,15,21-22,24,28-29H,14,16-20H2,1-11H3,(H,35,44)(H,36,42)(H,38,41)/b15-13+,25-12-/t22-,24-,28+,29?/m1/s1. The van der Waals surface area contributed by atoms with Crippen molar-refractivity contribution in [3.8, 4) is 0 Å². The van der Waals surface area contributed by atoms with Crippen LogP contribution in [0.1, 0.15) is 68.2 Å². The van der Waals surface area contributed by atoms with Crippen LogP contribution in [0.2, 0.25) is 25.7 Å². The second kappa shape index (κ2) is 21.3. The summed E-state index contributed by atoms with van der Waals surface area (Å²) in [5, 5.41) is 8.16. The number of rotatable bonds is 18. The molecular formula is C34H56N4O9S2Si. The minimum Gasteiger partial charge on any atom is -0.466 e. The summed E-state index contributed by atoms with van der Waals surface area (Å²) in [6, 6.07) is -1.13. The minimum atomic E-state index is -1.43. The van der Waals surface area contributed by atoms with Gasteiger partial charge in [-0.3, -0.25) is 24.2 Å². The highest BCUT2D eigenvalue weighted by Crippen LogP contribution is 2.27. The lowest BCUT2D eigenvalue weighted by Crippen LogP contribution is -2.49. The number of hydrogen-bond acceptors (Lipinski definition) is 12. The molecule has 0 aromatic rings. The van der Waals surface area contributed by atoms with Crippen molar-refractivity contribution in [3.63, 3.8) is 0 Å². The van der Waals surface area contributed by atoms with Crippen LogP contribution in [0.3, 0.4) is 0 Å². The first kappa shape index (κ1) is 44.9. The van der Waals surface area contributed by atoms with Gasteiger partial charge in [-0.25, -0.2) is 9.59 Å². The third-order valence-corrected chi connectivity index (χ3v) is 10.5. The summed E-state index contributed by atoms with van der Waals surface area (Å²) in [6.07, 6.45) is 3.49. The maximum Gasteiger partial charge on any atom is 0.407 e.